The standard InChI is InChI=1S/C10H17N/c1-3-11-4-2-9-5-8(1)6-10(11)7-9/h8-10H,1-7H2. The van der Waals surface area contributed by atoms with E-state index in [2.05, 4.69) is 4.90 Å². The van der Waals surface area contributed by atoms with Crippen LogP contribution in [-0.4, -0.2) is 24.0 Å². The van der Waals surface area contributed by atoms with Crippen molar-refractivity contribution in [2.24, 2.45) is 11.8 Å². The molecule has 2 heterocycles. The first-order valence-electron chi connectivity index (χ1n) is 5.16. The van der Waals surface area contributed by atoms with Crippen molar-refractivity contribution in [3.05, 3.63) is 0 Å². The number of fused-ring (bicyclic) bond motifs is 2. The molecule has 3 bridgehead atoms. The fourth-order valence-corrected chi connectivity index (χ4v) is 3.47. The minimum absolute atomic E-state index is 1.02. The van der Waals surface area contributed by atoms with Crippen molar-refractivity contribution in [1.82, 2.24) is 4.90 Å². The topological polar surface area (TPSA) is 3.24 Å². The molecule has 0 radical (unpaired) electrons. The SMILES string of the molecule is C1CN2CCC3CC1CC2C3. The largest absolute Gasteiger partial charge is 0.300 e. The highest BCUT2D eigenvalue weighted by molar-refractivity contribution is 4.93. The number of rotatable bonds is 0. The van der Waals surface area contributed by atoms with Gasteiger partial charge in [0.15, 0.2) is 0 Å². The van der Waals surface area contributed by atoms with Crippen LogP contribution in [0, 0.1) is 11.8 Å². The van der Waals surface area contributed by atoms with Gasteiger partial charge in [0.2, 0.25) is 0 Å². The van der Waals surface area contributed by atoms with E-state index in [4.69, 9.17) is 0 Å². The zero-order valence-electron chi connectivity index (χ0n) is 7.13. The quantitative estimate of drug-likeness (QED) is 0.511. The first-order valence-corrected chi connectivity index (χ1v) is 5.16. The van der Waals surface area contributed by atoms with E-state index in [0.717, 1.165) is 17.9 Å². The van der Waals surface area contributed by atoms with Crippen molar-refractivity contribution < 1.29 is 0 Å². The van der Waals surface area contributed by atoms with Gasteiger partial charge in [0.1, 0.15) is 0 Å². The van der Waals surface area contributed by atoms with Gasteiger partial charge >= 0.3 is 0 Å². The van der Waals surface area contributed by atoms with Crippen LogP contribution in [0.1, 0.15) is 32.1 Å². The molecule has 2 saturated heterocycles. The van der Waals surface area contributed by atoms with Crippen molar-refractivity contribution in [3.63, 3.8) is 0 Å². The summed E-state index contributed by atoms with van der Waals surface area (Å²) in [5, 5.41) is 0. The maximum absolute atomic E-state index is 2.74. The monoisotopic (exact) mass is 151 g/mol. The van der Waals surface area contributed by atoms with Gasteiger partial charge in [0.05, 0.1) is 0 Å². The Bertz CT molecular complexity index is 146. The van der Waals surface area contributed by atoms with Crippen LogP contribution in [-0.2, 0) is 0 Å². The molecule has 2 unspecified atom stereocenters. The molecule has 3 aliphatic rings. The molecule has 0 amide bonds. The van der Waals surface area contributed by atoms with Gasteiger partial charge in [-0.2, -0.15) is 0 Å². The van der Waals surface area contributed by atoms with Gasteiger partial charge in [0, 0.05) is 6.04 Å². The summed E-state index contributed by atoms with van der Waals surface area (Å²) in [6.45, 7) is 2.84. The van der Waals surface area contributed by atoms with Gasteiger partial charge in [-0.1, -0.05) is 0 Å². The molecule has 1 nitrogen and oxygen atoms in total. The third-order valence-electron chi connectivity index (χ3n) is 4.04. The molecule has 0 aromatic rings. The maximum Gasteiger partial charge on any atom is 0.0101 e. The fourth-order valence-electron chi connectivity index (χ4n) is 3.47. The minimum Gasteiger partial charge on any atom is -0.300 e. The Hall–Kier alpha value is -0.0400. The Labute approximate surface area is 68.8 Å². The van der Waals surface area contributed by atoms with E-state index in [-0.39, 0.29) is 0 Å². The lowest BCUT2D eigenvalue weighted by Crippen LogP contribution is -2.51. The van der Waals surface area contributed by atoms with Crippen LogP contribution in [0.3, 0.4) is 0 Å². The second-order valence-corrected chi connectivity index (χ2v) is 4.71. The van der Waals surface area contributed by atoms with Gasteiger partial charge < -0.3 is 4.90 Å². The van der Waals surface area contributed by atoms with Crippen LogP contribution >= 0.6 is 0 Å². The van der Waals surface area contributed by atoms with Crippen LogP contribution in [0.25, 0.3) is 0 Å². The third kappa shape index (κ3) is 0.936. The predicted octanol–water partition coefficient (Wildman–Crippen LogP) is 1.88. The molecule has 0 aromatic carbocycles. The summed E-state index contributed by atoms with van der Waals surface area (Å²) in [5.74, 6) is 2.24. The molecule has 11 heavy (non-hydrogen) atoms. The summed E-state index contributed by atoms with van der Waals surface area (Å²) in [6, 6.07) is 1.02. The Morgan fingerprint density at radius 3 is 2.09 bits per heavy atom. The second-order valence-electron chi connectivity index (χ2n) is 4.71. The summed E-state index contributed by atoms with van der Waals surface area (Å²) < 4.78 is 0. The zero-order valence-corrected chi connectivity index (χ0v) is 7.13. The van der Waals surface area contributed by atoms with Gasteiger partial charge in [0.25, 0.3) is 0 Å². The Kier molecular flexibility index (Phi) is 1.31. The van der Waals surface area contributed by atoms with Crippen LogP contribution in [0.15, 0.2) is 0 Å². The summed E-state index contributed by atoms with van der Waals surface area (Å²) in [6.07, 6.45) is 7.66. The Morgan fingerprint density at radius 1 is 0.818 bits per heavy atom. The van der Waals surface area contributed by atoms with E-state index >= 15 is 0 Å². The first kappa shape index (κ1) is 6.47. The van der Waals surface area contributed by atoms with Gasteiger partial charge in [-0.3, -0.25) is 0 Å². The Balaban J connectivity index is 1.87. The van der Waals surface area contributed by atoms with Crippen molar-refractivity contribution in [3.8, 4) is 0 Å². The smallest absolute Gasteiger partial charge is 0.0101 e. The van der Waals surface area contributed by atoms with E-state index < -0.39 is 0 Å². The van der Waals surface area contributed by atoms with Crippen LogP contribution < -0.4 is 0 Å². The van der Waals surface area contributed by atoms with Crippen molar-refractivity contribution in [1.29, 1.82) is 0 Å². The predicted molar refractivity (Wildman–Crippen MR) is 45.4 cm³/mol. The second kappa shape index (κ2) is 2.22. The van der Waals surface area contributed by atoms with E-state index in [1.807, 2.05) is 0 Å². The summed E-state index contributed by atoms with van der Waals surface area (Å²) >= 11 is 0. The molecule has 3 fully saturated rings. The molecule has 0 aromatic heterocycles. The lowest BCUT2D eigenvalue weighted by Gasteiger charge is -2.50. The molecule has 3 rings (SSSR count). The summed E-state index contributed by atoms with van der Waals surface area (Å²) in [7, 11) is 0. The molecule has 0 N–H and O–H groups in total. The highest BCUT2D eigenvalue weighted by Gasteiger charge is 2.39. The molecular formula is C10H17N. The Morgan fingerprint density at radius 2 is 1.45 bits per heavy atom. The van der Waals surface area contributed by atoms with Crippen LogP contribution in [0.2, 0.25) is 0 Å². The molecule has 1 aliphatic carbocycles. The number of hydrogen-bond donors (Lipinski definition) is 0. The van der Waals surface area contributed by atoms with Gasteiger partial charge in [-0.15, -0.1) is 0 Å². The molecule has 2 aliphatic heterocycles. The van der Waals surface area contributed by atoms with E-state index in [1.54, 1.807) is 6.42 Å². The molecule has 62 valence electrons. The zero-order chi connectivity index (χ0) is 7.26. The lowest BCUT2D eigenvalue weighted by atomic mass is 9.70. The molecule has 1 saturated carbocycles. The number of hydrogen-bond acceptors (Lipinski definition) is 1. The highest BCUT2D eigenvalue weighted by Crippen LogP contribution is 2.42. The molecule has 1 heteroatoms. The number of piperidine rings is 2. The van der Waals surface area contributed by atoms with Gasteiger partial charge in [-0.25, -0.2) is 0 Å². The highest BCUT2D eigenvalue weighted by atomic mass is 15.2. The van der Waals surface area contributed by atoms with Gasteiger partial charge in [-0.05, 0) is 57.0 Å². The molecular weight excluding hydrogens is 134 g/mol. The number of nitrogens with zero attached hydrogens (tertiary/aromatic N) is 1. The van der Waals surface area contributed by atoms with E-state index in [1.165, 1.54) is 38.8 Å². The molecule has 2 atom stereocenters. The van der Waals surface area contributed by atoms with Crippen molar-refractivity contribution in [2.45, 2.75) is 38.1 Å². The normalized spacial score (nSPS) is 49.6. The van der Waals surface area contributed by atoms with Crippen LogP contribution in [0.4, 0.5) is 0 Å². The van der Waals surface area contributed by atoms with E-state index in [9.17, 15) is 0 Å². The average Bonchev–Trinajstić information content (AvgIpc) is 2.01. The third-order valence-corrected chi connectivity index (χ3v) is 4.04. The summed E-state index contributed by atoms with van der Waals surface area (Å²) in [5.41, 5.74) is 0. The van der Waals surface area contributed by atoms with Crippen molar-refractivity contribution in [2.75, 3.05) is 13.1 Å². The average molecular weight is 151 g/mol. The first-order chi connectivity index (χ1) is 5.42. The minimum atomic E-state index is 1.02. The van der Waals surface area contributed by atoms with Crippen molar-refractivity contribution >= 4 is 0 Å². The maximum atomic E-state index is 2.74. The van der Waals surface area contributed by atoms with E-state index in [0.29, 0.717) is 0 Å². The lowest BCUT2D eigenvalue weighted by molar-refractivity contribution is 0.00154. The fraction of sp³-hybridized carbons (Fsp3) is 1.00. The molecule has 0 spiro atoms. The van der Waals surface area contributed by atoms with Crippen LogP contribution in [0.5, 0.6) is 0 Å². The summed E-state index contributed by atoms with van der Waals surface area (Å²) in [4.78, 5) is 2.74.